The smallest absolute Gasteiger partial charge is 0.238 e. The number of hydrogen-bond donors (Lipinski definition) is 0. The molecule has 1 saturated carbocycles. The standard InChI is InChI=1S/C11H14N2O2S/c1-11(2)3-7(11)9-12-10(15-13-9)6-4-16-5-8(6)14/h6-7H,3-5H2,1-2H3. The summed E-state index contributed by atoms with van der Waals surface area (Å²) in [5.41, 5.74) is 0.301. The maximum Gasteiger partial charge on any atom is 0.238 e. The SMILES string of the molecule is CC1(C)CC1c1noc(C2CSCC2=O)n1. The van der Waals surface area contributed by atoms with E-state index >= 15 is 0 Å². The van der Waals surface area contributed by atoms with E-state index in [0.717, 1.165) is 18.0 Å². The van der Waals surface area contributed by atoms with Crippen LogP contribution < -0.4 is 0 Å². The van der Waals surface area contributed by atoms with Gasteiger partial charge < -0.3 is 4.52 Å². The van der Waals surface area contributed by atoms with Gasteiger partial charge >= 0.3 is 0 Å². The molecule has 4 nitrogen and oxygen atoms in total. The van der Waals surface area contributed by atoms with E-state index in [0.29, 0.717) is 23.0 Å². The number of hydrogen-bond acceptors (Lipinski definition) is 5. The molecule has 2 unspecified atom stereocenters. The first-order valence-corrected chi connectivity index (χ1v) is 6.67. The van der Waals surface area contributed by atoms with E-state index in [1.165, 1.54) is 0 Å². The molecule has 1 aromatic heterocycles. The fourth-order valence-corrected chi connectivity index (χ4v) is 3.20. The van der Waals surface area contributed by atoms with Crippen LogP contribution >= 0.6 is 11.8 Å². The molecule has 2 atom stereocenters. The van der Waals surface area contributed by atoms with Gasteiger partial charge in [-0.25, -0.2) is 0 Å². The molecule has 3 rings (SSSR count). The van der Waals surface area contributed by atoms with Crippen LogP contribution in [-0.4, -0.2) is 27.4 Å². The molecule has 0 spiro atoms. The van der Waals surface area contributed by atoms with Crippen LogP contribution in [0.3, 0.4) is 0 Å². The van der Waals surface area contributed by atoms with Crippen molar-refractivity contribution in [2.75, 3.05) is 11.5 Å². The van der Waals surface area contributed by atoms with E-state index in [2.05, 4.69) is 24.0 Å². The van der Waals surface area contributed by atoms with Crippen LogP contribution in [0, 0.1) is 5.41 Å². The summed E-state index contributed by atoms with van der Waals surface area (Å²) >= 11 is 1.64. The number of Topliss-reactive ketones (excluding diaryl/α,β-unsaturated/α-hetero) is 1. The summed E-state index contributed by atoms with van der Waals surface area (Å²) in [6, 6.07) is 0. The Labute approximate surface area is 98.2 Å². The van der Waals surface area contributed by atoms with Gasteiger partial charge in [0.1, 0.15) is 5.92 Å². The predicted molar refractivity (Wildman–Crippen MR) is 60.5 cm³/mol. The van der Waals surface area contributed by atoms with Crippen molar-refractivity contribution in [3.05, 3.63) is 11.7 Å². The van der Waals surface area contributed by atoms with Crippen molar-refractivity contribution >= 4 is 17.5 Å². The highest BCUT2D eigenvalue weighted by Crippen LogP contribution is 2.57. The van der Waals surface area contributed by atoms with E-state index in [-0.39, 0.29) is 11.7 Å². The second kappa shape index (κ2) is 3.32. The lowest BCUT2D eigenvalue weighted by atomic mass is 10.1. The molecule has 0 aromatic carbocycles. The Bertz CT molecular complexity index is 441. The molecule has 5 heteroatoms. The minimum atomic E-state index is -0.159. The van der Waals surface area contributed by atoms with Gasteiger partial charge in [0, 0.05) is 11.7 Å². The Kier molecular flexibility index (Phi) is 2.14. The average Bonchev–Trinajstić information content (AvgIpc) is 2.67. The minimum Gasteiger partial charge on any atom is -0.339 e. The molecule has 16 heavy (non-hydrogen) atoms. The molecular formula is C11H14N2O2S. The second-order valence-corrected chi connectivity index (χ2v) is 6.30. The van der Waals surface area contributed by atoms with E-state index in [9.17, 15) is 4.79 Å². The number of ketones is 1. The molecule has 1 aliphatic carbocycles. The number of nitrogens with zero attached hydrogens (tertiary/aromatic N) is 2. The van der Waals surface area contributed by atoms with Crippen LogP contribution in [0.5, 0.6) is 0 Å². The zero-order chi connectivity index (χ0) is 11.3. The van der Waals surface area contributed by atoms with Crippen LogP contribution in [0.1, 0.15) is 43.8 Å². The van der Waals surface area contributed by atoms with Crippen molar-refractivity contribution in [2.45, 2.75) is 32.1 Å². The average molecular weight is 238 g/mol. The van der Waals surface area contributed by atoms with Gasteiger partial charge in [0.15, 0.2) is 11.6 Å². The van der Waals surface area contributed by atoms with Crippen molar-refractivity contribution in [1.29, 1.82) is 0 Å². The van der Waals surface area contributed by atoms with Gasteiger partial charge in [-0.3, -0.25) is 4.79 Å². The van der Waals surface area contributed by atoms with Gasteiger partial charge in [0.05, 0.1) is 5.75 Å². The van der Waals surface area contributed by atoms with E-state index in [4.69, 9.17) is 4.52 Å². The Morgan fingerprint density at radius 1 is 1.50 bits per heavy atom. The first kappa shape index (κ1) is 10.3. The number of thioether (sulfide) groups is 1. The third-order valence-electron chi connectivity index (χ3n) is 3.50. The molecule has 1 aliphatic heterocycles. The second-order valence-electron chi connectivity index (χ2n) is 5.27. The van der Waals surface area contributed by atoms with E-state index < -0.39 is 0 Å². The fraction of sp³-hybridized carbons (Fsp3) is 0.727. The van der Waals surface area contributed by atoms with Gasteiger partial charge in [0.2, 0.25) is 5.89 Å². The van der Waals surface area contributed by atoms with Gasteiger partial charge in [-0.2, -0.15) is 16.7 Å². The third kappa shape index (κ3) is 1.57. The molecule has 1 aromatic rings. The quantitative estimate of drug-likeness (QED) is 0.788. The van der Waals surface area contributed by atoms with E-state index in [1.807, 2.05) is 0 Å². The van der Waals surface area contributed by atoms with Crippen LogP contribution in [0.25, 0.3) is 0 Å². The summed E-state index contributed by atoms with van der Waals surface area (Å²) < 4.78 is 5.22. The Hall–Kier alpha value is -0.840. The zero-order valence-corrected chi connectivity index (χ0v) is 10.2. The van der Waals surface area contributed by atoms with Crippen LogP contribution in [-0.2, 0) is 4.79 Å². The Balaban J connectivity index is 1.81. The molecule has 86 valence electrons. The number of carbonyl (C=O) groups excluding carboxylic acids is 1. The molecule has 0 N–H and O–H groups in total. The zero-order valence-electron chi connectivity index (χ0n) is 9.40. The summed E-state index contributed by atoms with van der Waals surface area (Å²) in [4.78, 5) is 15.9. The van der Waals surface area contributed by atoms with Crippen molar-refractivity contribution in [1.82, 2.24) is 10.1 Å². The first-order valence-electron chi connectivity index (χ1n) is 5.52. The molecule has 2 fully saturated rings. The summed E-state index contributed by atoms with van der Waals surface area (Å²) in [7, 11) is 0. The van der Waals surface area contributed by atoms with Crippen molar-refractivity contribution in [3.63, 3.8) is 0 Å². The fourth-order valence-electron chi connectivity index (χ4n) is 2.12. The summed E-state index contributed by atoms with van der Waals surface area (Å²) in [5.74, 6) is 3.14. The summed E-state index contributed by atoms with van der Waals surface area (Å²) in [6.45, 7) is 4.40. The molecule has 0 radical (unpaired) electrons. The molecule has 2 heterocycles. The number of aromatic nitrogens is 2. The van der Waals surface area contributed by atoms with Crippen molar-refractivity contribution in [3.8, 4) is 0 Å². The van der Waals surface area contributed by atoms with Gasteiger partial charge in [-0.1, -0.05) is 19.0 Å². The van der Waals surface area contributed by atoms with Gasteiger partial charge in [-0.05, 0) is 11.8 Å². The lowest BCUT2D eigenvalue weighted by Gasteiger charge is -1.98. The highest BCUT2D eigenvalue weighted by atomic mass is 32.2. The van der Waals surface area contributed by atoms with Gasteiger partial charge in [-0.15, -0.1) is 0 Å². The molecule has 0 bridgehead atoms. The molecular weight excluding hydrogens is 224 g/mol. The van der Waals surface area contributed by atoms with Crippen LogP contribution in [0.15, 0.2) is 4.52 Å². The molecule has 2 aliphatic rings. The lowest BCUT2D eigenvalue weighted by Crippen LogP contribution is -2.09. The van der Waals surface area contributed by atoms with Crippen LogP contribution in [0.2, 0.25) is 0 Å². The largest absolute Gasteiger partial charge is 0.339 e. The number of carbonyl (C=O) groups is 1. The first-order chi connectivity index (χ1) is 7.58. The Morgan fingerprint density at radius 3 is 2.81 bits per heavy atom. The summed E-state index contributed by atoms with van der Waals surface area (Å²) in [5, 5.41) is 4.01. The highest BCUT2D eigenvalue weighted by Gasteiger charge is 2.50. The monoisotopic (exact) mass is 238 g/mol. The third-order valence-corrected chi connectivity index (χ3v) is 4.56. The van der Waals surface area contributed by atoms with Gasteiger partial charge in [0.25, 0.3) is 0 Å². The highest BCUT2D eigenvalue weighted by molar-refractivity contribution is 8.00. The number of rotatable bonds is 2. The van der Waals surface area contributed by atoms with E-state index in [1.54, 1.807) is 11.8 Å². The van der Waals surface area contributed by atoms with Crippen molar-refractivity contribution in [2.24, 2.45) is 5.41 Å². The lowest BCUT2D eigenvalue weighted by molar-refractivity contribution is -0.117. The molecule has 0 amide bonds. The normalized spacial score (nSPS) is 32.0. The Morgan fingerprint density at radius 2 is 2.25 bits per heavy atom. The minimum absolute atomic E-state index is 0.159. The molecule has 1 saturated heterocycles. The van der Waals surface area contributed by atoms with Crippen LogP contribution in [0.4, 0.5) is 0 Å². The summed E-state index contributed by atoms with van der Waals surface area (Å²) in [6.07, 6.45) is 1.11. The maximum absolute atomic E-state index is 11.5. The topological polar surface area (TPSA) is 56.0 Å². The maximum atomic E-state index is 11.5. The van der Waals surface area contributed by atoms with Crippen molar-refractivity contribution < 1.29 is 9.32 Å². The predicted octanol–water partition coefficient (Wildman–Crippen LogP) is 1.98.